The van der Waals surface area contributed by atoms with Gasteiger partial charge in [-0.15, -0.1) is 0 Å². The van der Waals surface area contributed by atoms with Crippen molar-refractivity contribution in [2.45, 2.75) is 13.0 Å². The van der Waals surface area contributed by atoms with E-state index in [9.17, 15) is 0 Å². The van der Waals surface area contributed by atoms with Gasteiger partial charge in [-0.3, -0.25) is 4.68 Å². The summed E-state index contributed by atoms with van der Waals surface area (Å²) >= 11 is 0. The zero-order valence-corrected chi connectivity index (χ0v) is 9.99. The number of hydrogen-bond donors (Lipinski definition) is 1. The number of likely N-dealkylation sites (N-methyl/N-ethyl adjacent to an activating group) is 1. The van der Waals surface area contributed by atoms with Crippen LogP contribution in [-0.2, 0) is 7.05 Å². The predicted octanol–water partition coefficient (Wildman–Crippen LogP) is 2.41. The summed E-state index contributed by atoms with van der Waals surface area (Å²) in [6.45, 7) is 6.03. The maximum absolute atomic E-state index is 4.58. The SMILES string of the molecule is C=C(C)C(NC)c1nn(C)c2ccccc12. The molecule has 1 aromatic heterocycles. The van der Waals surface area contributed by atoms with Crippen molar-refractivity contribution in [1.82, 2.24) is 15.1 Å². The fourth-order valence-corrected chi connectivity index (χ4v) is 2.07. The normalized spacial score (nSPS) is 12.9. The van der Waals surface area contributed by atoms with Gasteiger partial charge >= 0.3 is 0 Å². The average molecular weight is 215 g/mol. The van der Waals surface area contributed by atoms with Crippen LogP contribution >= 0.6 is 0 Å². The van der Waals surface area contributed by atoms with E-state index in [2.05, 4.69) is 29.1 Å². The Kier molecular flexibility index (Phi) is 2.79. The summed E-state index contributed by atoms with van der Waals surface area (Å²) < 4.78 is 1.91. The molecule has 0 aliphatic heterocycles. The van der Waals surface area contributed by atoms with Crippen LogP contribution in [0.5, 0.6) is 0 Å². The van der Waals surface area contributed by atoms with Crippen molar-refractivity contribution in [2.24, 2.45) is 7.05 Å². The highest BCUT2D eigenvalue weighted by Gasteiger charge is 2.17. The highest BCUT2D eigenvalue weighted by atomic mass is 15.3. The van der Waals surface area contributed by atoms with Crippen LogP contribution < -0.4 is 5.32 Å². The first-order valence-electron chi connectivity index (χ1n) is 5.39. The highest BCUT2D eigenvalue weighted by Crippen LogP contribution is 2.26. The zero-order chi connectivity index (χ0) is 11.7. The second kappa shape index (κ2) is 4.10. The third kappa shape index (κ3) is 1.63. The second-order valence-corrected chi connectivity index (χ2v) is 4.09. The van der Waals surface area contributed by atoms with Gasteiger partial charge in [-0.2, -0.15) is 5.10 Å². The lowest BCUT2D eigenvalue weighted by atomic mass is 10.0. The Balaban J connectivity index is 2.64. The number of nitrogens with zero attached hydrogens (tertiary/aromatic N) is 2. The van der Waals surface area contributed by atoms with Crippen LogP contribution in [0, 0.1) is 0 Å². The molecule has 0 spiro atoms. The number of benzene rings is 1. The zero-order valence-electron chi connectivity index (χ0n) is 9.99. The first-order valence-corrected chi connectivity index (χ1v) is 5.39. The number of nitrogens with one attached hydrogen (secondary N) is 1. The van der Waals surface area contributed by atoms with E-state index in [1.165, 1.54) is 5.39 Å². The van der Waals surface area contributed by atoms with E-state index in [1.54, 1.807) is 0 Å². The fourth-order valence-electron chi connectivity index (χ4n) is 2.07. The molecule has 0 fully saturated rings. The first-order chi connectivity index (χ1) is 7.65. The minimum absolute atomic E-state index is 0.117. The van der Waals surface area contributed by atoms with Crippen LogP contribution in [0.1, 0.15) is 18.7 Å². The largest absolute Gasteiger partial charge is 0.308 e. The number of para-hydroxylation sites is 1. The molecule has 84 valence electrons. The quantitative estimate of drug-likeness (QED) is 0.797. The molecule has 0 bridgehead atoms. The Morgan fingerprint density at radius 3 is 2.75 bits per heavy atom. The monoisotopic (exact) mass is 215 g/mol. The topological polar surface area (TPSA) is 29.9 Å². The third-order valence-corrected chi connectivity index (χ3v) is 2.84. The van der Waals surface area contributed by atoms with Gasteiger partial charge < -0.3 is 5.32 Å². The highest BCUT2D eigenvalue weighted by molar-refractivity contribution is 5.82. The first kappa shape index (κ1) is 10.9. The van der Waals surface area contributed by atoms with Crippen molar-refractivity contribution < 1.29 is 0 Å². The van der Waals surface area contributed by atoms with E-state index in [0.717, 1.165) is 16.8 Å². The summed E-state index contributed by atoms with van der Waals surface area (Å²) in [5.41, 5.74) is 3.28. The van der Waals surface area contributed by atoms with Crippen molar-refractivity contribution >= 4 is 10.9 Å². The molecule has 0 aliphatic rings. The molecule has 3 heteroatoms. The number of hydrogen-bond acceptors (Lipinski definition) is 2. The lowest BCUT2D eigenvalue weighted by Gasteiger charge is -2.13. The molecule has 1 unspecified atom stereocenters. The van der Waals surface area contributed by atoms with Crippen molar-refractivity contribution in [3.05, 3.63) is 42.1 Å². The smallest absolute Gasteiger partial charge is 0.0914 e. The predicted molar refractivity (Wildman–Crippen MR) is 67.3 cm³/mol. The Labute approximate surface area is 95.8 Å². The van der Waals surface area contributed by atoms with E-state index in [0.29, 0.717) is 0 Å². The Morgan fingerprint density at radius 1 is 1.44 bits per heavy atom. The molecule has 0 saturated heterocycles. The van der Waals surface area contributed by atoms with E-state index in [-0.39, 0.29) is 6.04 Å². The third-order valence-electron chi connectivity index (χ3n) is 2.84. The summed E-state index contributed by atoms with van der Waals surface area (Å²) in [6.07, 6.45) is 0. The minimum Gasteiger partial charge on any atom is -0.308 e. The van der Waals surface area contributed by atoms with Crippen LogP contribution in [-0.4, -0.2) is 16.8 Å². The average Bonchev–Trinajstić information content (AvgIpc) is 2.58. The Morgan fingerprint density at radius 2 is 2.12 bits per heavy atom. The van der Waals surface area contributed by atoms with Crippen molar-refractivity contribution in [2.75, 3.05) is 7.05 Å². The molecule has 0 amide bonds. The molecule has 0 saturated carbocycles. The molecule has 3 nitrogen and oxygen atoms in total. The molecule has 1 aromatic carbocycles. The molecular weight excluding hydrogens is 198 g/mol. The number of fused-ring (bicyclic) bond motifs is 1. The van der Waals surface area contributed by atoms with E-state index in [1.807, 2.05) is 37.8 Å². The van der Waals surface area contributed by atoms with Crippen LogP contribution in [0.25, 0.3) is 10.9 Å². The number of aryl methyl sites for hydroxylation is 1. The van der Waals surface area contributed by atoms with E-state index in [4.69, 9.17) is 0 Å². The lowest BCUT2D eigenvalue weighted by molar-refractivity contribution is 0.639. The van der Waals surface area contributed by atoms with Gasteiger partial charge in [0.1, 0.15) is 0 Å². The van der Waals surface area contributed by atoms with Crippen molar-refractivity contribution in [1.29, 1.82) is 0 Å². The molecule has 0 radical (unpaired) electrons. The molecule has 2 rings (SSSR count). The van der Waals surface area contributed by atoms with Crippen molar-refractivity contribution in [3.8, 4) is 0 Å². The lowest BCUT2D eigenvalue weighted by Crippen LogP contribution is -2.18. The fraction of sp³-hybridized carbons (Fsp3) is 0.308. The van der Waals surface area contributed by atoms with Crippen LogP contribution in [0.4, 0.5) is 0 Å². The van der Waals surface area contributed by atoms with Crippen molar-refractivity contribution in [3.63, 3.8) is 0 Å². The molecule has 1 N–H and O–H groups in total. The molecule has 1 atom stereocenters. The van der Waals surface area contributed by atoms with Gasteiger partial charge in [0.25, 0.3) is 0 Å². The summed E-state index contributed by atoms with van der Waals surface area (Å²) in [5.74, 6) is 0. The van der Waals surface area contributed by atoms with Gasteiger partial charge in [0.2, 0.25) is 0 Å². The minimum atomic E-state index is 0.117. The van der Waals surface area contributed by atoms with Crippen LogP contribution in [0.15, 0.2) is 36.4 Å². The van der Waals surface area contributed by atoms with E-state index >= 15 is 0 Å². The molecular formula is C13H17N3. The van der Waals surface area contributed by atoms with Gasteiger partial charge in [0, 0.05) is 12.4 Å². The molecule has 16 heavy (non-hydrogen) atoms. The molecule has 2 aromatic rings. The summed E-state index contributed by atoms with van der Waals surface area (Å²) in [6, 6.07) is 8.37. The maximum atomic E-state index is 4.58. The molecule has 0 aliphatic carbocycles. The summed E-state index contributed by atoms with van der Waals surface area (Å²) in [5, 5.41) is 9.01. The van der Waals surface area contributed by atoms with Gasteiger partial charge in [0.15, 0.2) is 0 Å². The number of rotatable bonds is 3. The Hall–Kier alpha value is -1.61. The Bertz CT molecular complexity index is 525. The second-order valence-electron chi connectivity index (χ2n) is 4.09. The number of aromatic nitrogens is 2. The van der Waals surface area contributed by atoms with Gasteiger partial charge in [-0.05, 0) is 20.0 Å². The summed E-state index contributed by atoms with van der Waals surface area (Å²) in [7, 11) is 3.90. The van der Waals surface area contributed by atoms with Gasteiger partial charge in [-0.1, -0.05) is 30.4 Å². The molecule has 1 heterocycles. The maximum Gasteiger partial charge on any atom is 0.0914 e. The van der Waals surface area contributed by atoms with Crippen LogP contribution in [0.2, 0.25) is 0 Å². The van der Waals surface area contributed by atoms with Crippen LogP contribution in [0.3, 0.4) is 0 Å². The van der Waals surface area contributed by atoms with Gasteiger partial charge in [-0.25, -0.2) is 0 Å². The summed E-state index contributed by atoms with van der Waals surface area (Å²) in [4.78, 5) is 0. The van der Waals surface area contributed by atoms with Gasteiger partial charge in [0.05, 0.1) is 17.3 Å². The standard InChI is InChI=1S/C13H17N3/c1-9(2)12(14-3)13-10-7-5-6-8-11(10)16(4)15-13/h5-8,12,14H,1H2,2-4H3. The van der Waals surface area contributed by atoms with E-state index < -0.39 is 0 Å².